The smallest absolute Gasteiger partial charge is 0.142 e. The number of hydrogen-bond acceptors (Lipinski definition) is 3. The molecule has 0 aromatic heterocycles. The molecule has 0 bridgehead atoms. The number of nitrogens with one attached hydrogen (secondary N) is 1. The number of benzene rings is 1. The summed E-state index contributed by atoms with van der Waals surface area (Å²) in [7, 11) is 0. The quantitative estimate of drug-likeness (QED) is 0.861. The topological polar surface area (TPSA) is 35.5 Å². The van der Waals surface area contributed by atoms with Crippen molar-refractivity contribution >= 4 is 11.6 Å². The number of aliphatic hydroxyl groups is 1. The number of aliphatic hydroxyl groups excluding tert-OH is 1. The van der Waals surface area contributed by atoms with Gasteiger partial charge in [0.1, 0.15) is 5.82 Å². The van der Waals surface area contributed by atoms with E-state index >= 15 is 0 Å². The molecule has 1 heterocycles. The molecule has 0 amide bonds. The molecule has 0 spiro atoms. The second-order valence-electron chi connectivity index (χ2n) is 4.16. The van der Waals surface area contributed by atoms with E-state index in [-0.39, 0.29) is 17.7 Å². The minimum absolute atomic E-state index is 0.0128. The van der Waals surface area contributed by atoms with Crippen LogP contribution in [0.5, 0.6) is 0 Å². The van der Waals surface area contributed by atoms with E-state index in [1.54, 1.807) is 6.07 Å². The van der Waals surface area contributed by atoms with Gasteiger partial charge in [-0.3, -0.25) is 4.90 Å². The lowest BCUT2D eigenvalue weighted by molar-refractivity contribution is 0.110. The predicted molar refractivity (Wildman–Crippen MR) is 65.7 cm³/mol. The lowest BCUT2D eigenvalue weighted by Crippen LogP contribution is -2.46. The zero-order chi connectivity index (χ0) is 12.3. The van der Waals surface area contributed by atoms with Gasteiger partial charge in [0.05, 0.1) is 17.7 Å². The first kappa shape index (κ1) is 12.8. The van der Waals surface area contributed by atoms with E-state index in [2.05, 4.69) is 10.2 Å². The van der Waals surface area contributed by atoms with E-state index in [4.69, 9.17) is 11.6 Å². The molecule has 1 atom stereocenters. The number of hydrogen-bond donors (Lipinski definition) is 2. The summed E-state index contributed by atoms with van der Waals surface area (Å²) in [5.41, 5.74) is 0.774. The number of rotatable bonds is 3. The molecule has 1 aliphatic rings. The molecule has 3 nitrogen and oxygen atoms in total. The van der Waals surface area contributed by atoms with Crippen molar-refractivity contribution in [3.8, 4) is 0 Å². The lowest BCUT2D eigenvalue weighted by Gasteiger charge is -2.34. The number of nitrogens with zero attached hydrogens (tertiary/aromatic N) is 1. The van der Waals surface area contributed by atoms with Crippen LogP contribution in [0.3, 0.4) is 0 Å². The highest BCUT2D eigenvalue weighted by molar-refractivity contribution is 6.30. The summed E-state index contributed by atoms with van der Waals surface area (Å²) in [6, 6.07) is 4.57. The molecule has 2 rings (SSSR count). The van der Waals surface area contributed by atoms with Crippen molar-refractivity contribution < 1.29 is 9.50 Å². The molecule has 1 saturated heterocycles. The first-order valence-electron chi connectivity index (χ1n) is 5.73. The van der Waals surface area contributed by atoms with Crippen molar-refractivity contribution in [2.24, 2.45) is 0 Å². The zero-order valence-corrected chi connectivity index (χ0v) is 10.3. The van der Waals surface area contributed by atoms with Crippen LogP contribution in [-0.4, -0.2) is 42.8 Å². The molecule has 0 aliphatic carbocycles. The molecular weight excluding hydrogens is 243 g/mol. The van der Waals surface area contributed by atoms with Crippen molar-refractivity contribution in [2.75, 3.05) is 32.8 Å². The zero-order valence-electron chi connectivity index (χ0n) is 9.50. The third-order valence-electron chi connectivity index (χ3n) is 3.09. The van der Waals surface area contributed by atoms with Crippen LogP contribution in [0.2, 0.25) is 5.02 Å². The van der Waals surface area contributed by atoms with Crippen LogP contribution in [-0.2, 0) is 0 Å². The third-order valence-corrected chi connectivity index (χ3v) is 3.40. The van der Waals surface area contributed by atoms with Crippen molar-refractivity contribution in [2.45, 2.75) is 6.04 Å². The molecule has 17 heavy (non-hydrogen) atoms. The molecule has 0 saturated carbocycles. The minimum Gasteiger partial charge on any atom is -0.394 e. The second-order valence-corrected chi connectivity index (χ2v) is 4.57. The van der Waals surface area contributed by atoms with Gasteiger partial charge in [0.2, 0.25) is 0 Å². The Morgan fingerprint density at radius 2 is 2.12 bits per heavy atom. The summed E-state index contributed by atoms with van der Waals surface area (Å²) in [6.07, 6.45) is 0. The Morgan fingerprint density at radius 3 is 2.71 bits per heavy atom. The van der Waals surface area contributed by atoms with E-state index in [1.807, 2.05) is 0 Å². The van der Waals surface area contributed by atoms with Crippen LogP contribution in [0.25, 0.3) is 0 Å². The maximum atomic E-state index is 13.4. The van der Waals surface area contributed by atoms with Crippen LogP contribution < -0.4 is 5.32 Å². The van der Waals surface area contributed by atoms with E-state index in [9.17, 15) is 9.50 Å². The molecular formula is C12H16ClFN2O. The monoisotopic (exact) mass is 258 g/mol. The van der Waals surface area contributed by atoms with Gasteiger partial charge in [0.15, 0.2) is 0 Å². The first-order chi connectivity index (χ1) is 8.22. The SMILES string of the molecule is OCC(c1ccc(Cl)c(F)c1)N1CCNCC1. The highest BCUT2D eigenvalue weighted by Crippen LogP contribution is 2.24. The highest BCUT2D eigenvalue weighted by atomic mass is 35.5. The fourth-order valence-electron chi connectivity index (χ4n) is 2.15. The summed E-state index contributed by atoms with van der Waals surface area (Å²) in [5, 5.41) is 12.8. The van der Waals surface area contributed by atoms with Gasteiger partial charge in [0, 0.05) is 26.2 Å². The van der Waals surface area contributed by atoms with Gasteiger partial charge in [-0.15, -0.1) is 0 Å². The Bertz CT molecular complexity index is 383. The Hall–Kier alpha value is -0.680. The Balaban J connectivity index is 2.18. The van der Waals surface area contributed by atoms with Crippen molar-refractivity contribution in [1.29, 1.82) is 0 Å². The summed E-state index contributed by atoms with van der Waals surface area (Å²) >= 11 is 5.65. The maximum absolute atomic E-state index is 13.4. The molecule has 2 N–H and O–H groups in total. The Kier molecular flexibility index (Phi) is 4.34. The molecule has 1 fully saturated rings. The molecule has 1 aromatic rings. The van der Waals surface area contributed by atoms with Crippen LogP contribution in [0.4, 0.5) is 4.39 Å². The second kappa shape index (κ2) is 5.78. The van der Waals surface area contributed by atoms with E-state index in [0.29, 0.717) is 0 Å². The minimum atomic E-state index is -0.433. The fourth-order valence-corrected chi connectivity index (χ4v) is 2.26. The fraction of sp³-hybridized carbons (Fsp3) is 0.500. The van der Waals surface area contributed by atoms with Crippen LogP contribution in [0.1, 0.15) is 11.6 Å². The van der Waals surface area contributed by atoms with E-state index < -0.39 is 5.82 Å². The standard InChI is InChI=1S/C12H16ClFN2O/c13-10-2-1-9(7-11(10)14)12(8-17)16-5-3-15-4-6-16/h1-2,7,12,15,17H,3-6,8H2. The predicted octanol–water partition coefficient (Wildman–Crippen LogP) is 1.42. The van der Waals surface area contributed by atoms with Gasteiger partial charge >= 0.3 is 0 Å². The van der Waals surface area contributed by atoms with Crippen LogP contribution in [0.15, 0.2) is 18.2 Å². The average molecular weight is 259 g/mol. The Labute approximate surface area is 105 Å². The summed E-state index contributed by atoms with van der Waals surface area (Å²) in [5.74, 6) is -0.433. The van der Waals surface area contributed by atoms with Gasteiger partial charge in [0.25, 0.3) is 0 Å². The maximum Gasteiger partial charge on any atom is 0.142 e. The lowest BCUT2D eigenvalue weighted by atomic mass is 10.1. The van der Waals surface area contributed by atoms with Crippen LogP contribution in [0, 0.1) is 5.82 Å². The molecule has 1 aliphatic heterocycles. The third kappa shape index (κ3) is 2.96. The van der Waals surface area contributed by atoms with Crippen molar-refractivity contribution in [1.82, 2.24) is 10.2 Å². The average Bonchev–Trinajstić information content (AvgIpc) is 2.36. The largest absolute Gasteiger partial charge is 0.394 e. The molecule has 0 radical (unpaired) electrons. The summed E-state index contributed by atoms with van der Waals surface area (Å²) in [4.78, 5) is 2.15. The van der Waals surface area contributed by atoms with Gasteiger partial charge < -0.3 is 10.4 Å². The van der Waals surface area contributed by atoms with Gasteiger partial charge in [-0.1, -0.05) is 17.7 Å². The van der Waals surface area contributed by atoms with Gasteiger partial charge in [-0.2, -0.15) is 0 Å². The highest BCUT2D eigenvalue weighted by Gasteiger charge is 2.21. The summed E-state index contributed by atoms with van der Waals surface area (Å²) in [6.45, 7) is 3.49. The first-order valence-corrected chi connectivity index (χ1v) is 6.10. The molecule has 94 valence electrons. The Morgan fingerprint density at radius 1 is 1.41 bits per heavy atom. The van der Waals surface area contributed by atoms with Crippen molar-refractivity contribution in [3.63, 3.8) is 0 Å². The van der Waals surface area contributed by atoms with E-state index in [0.717, 1.165) is 31.7 Å². The number of piperazine rings is 1. The molecule has 1 aromatic carbocycles. The number of halogens is 2. The molecule has 1 unspecified atom stereocenters. The summed E-state index contributed by atoms with van der Waals surface area (Å²) < 4.78 is 13.4. The normalized spacial score (nSPS) is 19.2. The van der Waals surface area contributed by atoms with Gasteiger partial charge in [-0.25, -0.2) is 4.39 Å². The van der Waals surface area contributed by atoms with Crippen molar-refractivity contribution in [3.05, 3.63) is 34.6 Å². The molecule has 5 heteroatoms. The van der Waals surface area contributed by atoms with E-state index in [1.165, 1.54) is 12.1 Å². The van der Waals surface area contributed by atoms with Gasteiger partial charge in [-0.05, 0) is 17.7 Å². The van der Waals surface area contributed by atoms with Crippen LogP contribution >= 0.6 is 11.6 Å².